The Morgan fingerprint density at radius 1 is 1.00 bits per heavy atom. The van der Waals surface area contributed by atoms with Crippen molar-refractivity contribution in [3.05, 3.63) is 70.5 Å². The summed E-state index contributed by atoms with van der Waals surface area (Å²) in [5, 5.41) is 14.6. The molecule has 156 valence electrons. The van der Waals surface area contributed by atoms with Crippen LogP contribution in [0, 0.1) is 20.8 Å². The molecule has 3 rings (SSSR count). The molecule has 1 aromatic heterocycles. The number of nitrogens with one attached hydrogen (secondary N) is 2. The molecule has 0 atom stereocenters. The Hall–Kier alpha value is -3.13. The van der Waals surface area contributed by atoms with Crippen molar-refractivity contribution in [1.82, 2.24) is 20.1 Å². The Kier molecular flexibility index (Phi) is 6.89. The molecule has 0 saturated carbocycles. The van der Waals surface area contributed by atoms with Crippen LogP contribution in [0.4, 0.5) is 5.69 Å². The van der Waals surface area contributed by atoms with Crippen LogP contribution in [0.3, 0.4) is 0 Å². The zero-order valence-electron chi connectivity index (χ0n) is 17.5. The molecule has 0 fully saturated rings. The second-order valence-electron chi connectivity index (χ2n) is 7.16. The van der Waals surface area contributed by atoms with Gasteiger partial charge in [0.05, 0.1) is 12.3 Å². The van der Waals surface area contributed by atoms with Crippen LogP contribution in [0.1, 0.15) is 32.9 Å². The number of hydrogen-bond acceptors (Lipinski definition) is 5. The first-order valence-corrected chi connectivity index (χ1v) is 10.5. The lowest BCUT2D eigenvalue weighted by Gasteiger charge is -2.09. The fraction of sp³-hybridized carbons (Fsp3) is 0.273. The second kappa shape index (κ2) is 9.58. The van der Waals surface area contributed by atoms with Gasteiger partial charge in [-0.1, -0.05) is 47.2 Å². The van der Waals surface area contributed by atoms with E-state index in [-0.39, 0.29) is 24.1 Å². The van der Waals surface area contributed by atoms with Gasteiger partial charge in [0.2, 0.25) is 5.91 Å². The van der Waals surface area contributed by atoms with Gasteiger partial charge in [0, 0.05) is 18.3 Å². The number of thioether (sulfide) groups is 1. The fourth-order valence-electron chi connectivity index (χ4n) is 2.86. The largest absolute Gasteiger partial charge is 0.345 e. The summed E-state index contributed by atoms with van der Waals surface area (Å²) in [6.45, 7) is 6.22. The van der Waals surface area contributed by atoms with Crippen molar-refractivity contribution in [3.63, 3.8) is 0 Å². The highest BCUT2D eigenvalue weighted by atomic mass is 32.2. The number of carbonyl (C=O) groups excluding carboxylic acids is 2. The molecule has 0 radical (unpaired) electrons. The van der Waals surface area contributed by atoms with E-state index in [0.717, 1.165) is 22.4 Å². The molecule has 8 heteroatoms. The highest BCUT2D eigenvalue weighted by Gasteiger charge is 2.13. The normalized spacial score (nSPS) is 10.7. The molecule has 0 aliphatic rings. The summed E-state index contributed by atoms with van der Waals surface area (Å²) >= 11 is 1.30. The highest BCUT2D eigenvalue weighted by molar-refractivity contribution is 7.99. The Morgan fingerprint density at radius 3 is 2.40 bits per heavy atom. The molecule has 0 unspecified atom stereocenters. The summed E-state index contributed by atoms with van der Waals surface area (Å²) in [6, 6.07) is 13.3. The molecule has 3 aromatic rings. The molecule has 0 aliphatic carbocycles. The van der Waals surface area contributed by atoms with Crippen molar-refractivity contribution in [2.75, 3.05) is 11.1 Å². The lowest BCUT2D eigenvalue weighted by molar-refractivity contribution is -0.113. The number of carbonyl (C=O) groups is 2. The number of hydrogen-bond donors (Lipinski definition) is 2. The third-order valence-corrected chi connectivity index (χ3v) is 5.65. The van der Waals surface area contributed by atoms with Gasteiger partial charge < -0.3 is 15.2 Å². The first-order valence-electron chi connectivity index (χ1n) is 9.56. The van der Waals surface area contributed by atoms with Gasteiger partial charge >= 0.3 is 0 Å². The van der Waals surface area contributed by atoms with Crippen molar-refractivity contribution < 1.29 is 9.59 Å². The summed E-state index contributed by atoms with van der Waals surface area (Å²) in [4.78, 5) is 24.5. The first kappa shape index (κ1) is 21.6. The van der Waals surface area contributed by atoms with Gasteiger partial charge in [-0.15, -0.1) is 10.2 Å². The maximum absolute atomic E-state index is 12.3. The molecule has 2 amide bonds. The zero-order chi connectivity index (χ0) is 21.7. The van der Waals surface area contributed by atoms with E-state index in [9.17, 15) is 9.59 Å². The molecule has 1 heterocycles. The Bertz CT molecular complexity index is 1060. The van der Waals surface area contributed by atoms with Crippen LogP contribution in [0.25, 0.3) is 0 Å². The molecule has 0 aliphatic heterocycles. The van der Waals surface area contributed by atoms with Crippen LogP contribution >= 0.6 is 11.8 Å². The van der Waals surface area contributed by atoms with E-state index in [1.807, 2.05) is 58.2 Å². The molecule has 0 saturated heterocycles. The minimum Gasteiger partial charge on any atom is -0.345 e. The summed E-state index contributed by atoms with van der Waals surface area (Å²) in [7, 11) is 1.82. The molecule has 2 N–H and O–H groups in total. The van der Waals surface area contributed by atoms with Gasteiger partial charge in [-0.2, -0.15) is 0 Å². The van der Waals surface area contributed by atoms with Gasteiger partial charge in [-0.25, -0.2) is 0 Å². The van der Waals surface area contributed by atoms with Crippen molar-refractivity contribution in [2.45, 2.75) is 32.5 Å². The van der Waals surface area contributed by atoms with E-state index < -0.39 is 0 Å². The molecular weight excluding hydrogens is 398 g/mol. The van der Waals surface area contributed by atoms with E-state index in [0.29, 0.717) is 16.5 Å². The molecule has 2 aromatic carbocycles. The number of amides is 2. The van der Waals surface area contributed by atoms with Gasteiger partial charge in [-0.05, 0) is 44.5 Å². The van der Waals surface area contributed by atoms with Crippen molar-refractivity contribution in [3.8, 4) is 0 Å². The van der Waals surface area contributed by atoms with E-state index in [1.54, 1.807) is 16.7 Å². The number of nitrogens with zero attached hydrogens (tertiary/aromatic N) is 3. The van der Waals surface area contributed by atoms with Crippen molar-refractivity contribution in [2.24, 2.45) is 7.05 Å². The maximum Gasteiger partial charge on any atom is 0.251 e. The minimum atomic E-state index is -0.167. The topological polar surface area (TPSA) is 88.9 Å². The third kappa shape index (κ3) is 5.48. The molecular formula is C22H25N5O2S. The van der Waals surface area contributed by atoms with Crippen LogP contribution in [0.5, 0.6) is 0 Å². The minimum absolute atomic E-state index is 0.107. The van der Waals surface area contributed by atoms with Crippen LogP contribution in [0.15, 0.2) is 47.6 Å². The quantitative estimate of drug-likeness (QED) is 0.569. The Balaban J connectivity index is 1.52. The monoisotopic (exact) mass is 423 g/mol. The summed E-state index contributed by atoms with van der Waals surface area (Å²) in [6.07, 6.45) is 0. The number of anilines is 1. The predicted molar refractivity (Wildman–Crippen MR) is 119 cm³/mol. The number of benzene rings is 2. The predicted octanol–water partition coefficient (Wildman–Crippen LogP) is 3.40. The lowest BCUT2D eigenvalue weighted by atomic mass is 10.1. The Morgan fingerprint density at radius 2 is 1.70 bits per heavy atom. The van der Waals surface area contributed by atoms with Gasteiger partial charge in [0.1, 0.15) is 0 Å². The summed E-state index contributed by atoms with van der Waals surface area (Å²) < 4.78 is 1.78. The Labute approximate surface area is 180 Å². The third-order valence-electron chi connectivity index (χ3n) is 4.63. The number of rotatable bonds is 7. The summed E-state index contributed by atoms with van der Waals surface area (Å²) in [5.41, 5.74) is 4.69. The summed E-state index contributed by atoms with van der Waals surface area (Å²) in [5.74, 6) is 0.562. The van der Waals surface area contributed by atoms with E-state index in [2.05, 4.69) is 20.8 Å². The van der Waals surface area contributed by atoms with Crippen LogP contribution in [-0.2, 0) is 18.4 Å². The fourth-order valence-corrected chi connectivity index (χ4v) is 3.59. The number of aromatic nitrogens is 3. The average Bonchev–Trinajstić information content (AvgIpc) is 3.07. The van der Waals surface area contributed by atoms with Crippen LogP contribution in [0.2, 0.25) is 0 Å². The first-order chi connectivity index (χ1) is 14.3. The second-order valence-corrected chi connectivity index (χ2v) is 8.10. The van der Waals surface area contributed by atoms with Gasteiger partial charge in [-0.3, -0.25) is 9.59 Å². The lowest BCUT2D eigenvalue weighted by Crippen LogP contribution is -2.24. The van der Waals surface area contributed by atoms with Gasteiger partial charge in [0.15, 0.2) is 11.0 Å². The van der Waals surface area contributed by atoms with Crippen LogP contribution < -0.4 is 10.6 Å². The van der Waals surface area contributed by atoms with Crippen LogP contribution in [-0.4, -0.2) is 32.3 Å². The smallest absolute Gasteiger partial charge is 0.251 e. The highest BCUT2D eigenvalue weighted by Crippen LogP contribution is 2.19. The van der Waals surface area contributed by atoms with Crippen molar-refractivity contribution in [1.29, 1.82) is 0 Å². The standard InChI is InChI=1S/C22H25N5O2S/c1-14-5-8-17(9-6-14)21(29)23-12-19-25-26-22(27(19)4)30-13-20(28)24-18-10-7-15(2)11-16(18)3/h5-11H,12-13H2,1-4H3,(H,23,29)(H,24,28). The molecule has 0 spiro atoms. The molecule has 7 nitrogen and oxygen atoms in total. The van der Waals surface area contributed by atoms with Gasteiger partial charge in [0.25, 0.3) is 5.91 Å². The van der Waals surface area contributed by atoms with E-state index >= 15 is 0 Å². The molecule has 0 bridgehead atoms. The SMILES string of the molecule is Cc1ccc(C(=O)NCc2nnc(SCC(=O)Nc3ccc(C)cc3C)n2C)cc1. The maximum atomic E-state index is 12.3. The average molecular weight is 424 g/mol. The van der Waals surface area contributed by atoms with Crippen molar-refractivity contribution >= 4 is 29.3 Å². The molecule has 30 heavy (non-hydrogen) atoms. The van der Waals surface area contributed by atoms with E-state index in [4.69, 9.17) is 0 Å². The van der Waals surface area contributed by atoms with E-state index in [1.165, 1.54) is 11.8 Å². The zero-order valence-corrected chi connectivity index (χ0v) is 18.3. The number of aryl methyl sites for hydroxylation is 3.